The summed E-state index contributed by atoms with van der Waals surface area (Å²) < 4.78 is 124. The van der Waals surface area contributed by atoms with E-state index in [0.717, 1.165) is 51.8 Å². The number of aromatic hydroxyl groups is 1. The van der Waals surface area contributed by atoms with Gasteiger partial charge in [-0.1, -0.05) is 18.2 Å². The topological polar surface area (TPSA) is 352 Å². The molecular weight excluding hydrogens is 1050 g/mol. The lowest BCUT2D eigenvalue weighted by Crippen LogP contribution is -2.01. The summed E-state index contributed by atoms with van der Waals surface area (Å²) in [7, 11) is -14.1. The van der Waals surface area contributed by atoms with Crippen molar-refractivity contribution in [2.45, 2.75) is 30.6 Å². The summed E-state index contributed by atoms with van der Waals surface area (Å²) in [5, 5.41) is 50.5. The summed E-state index contributed by atoms with van der Waals surface area (Å²) in [4.78, 5) is -1.05. The second-order valence-electron chi connectivity index (χ2n) is 15.6. The molecule has 0 aliphatic carbocycles. The van der Waals surface area contributed by atoms with Crippen LogP contribution in [0, 0.1) is 20.8 Å². The van der Waals surface area contributed by atoms with Crippen molar-refractivity contribution in [1.82, 2.24) is 0 Å². The maximum atomic E-state index is 12.2. The third kappa shape index (κ3) is 15.3. The van der Waals surface area contributed by atoms with Crippen molar-refractivity contribution < 1.29 is 61.0 Å². The Morgan fingerprint density at radius 2 is 0.867 bits per heavy atom. The highest BCUT2D eigenvalue weighted by atomic mass is 32.2. The molecule has 0 bridgehead atoms. The lowest BCUT2D eigenvalue weighted by Gasteiger charge is -2.10. The van der Waals surface area contributed by atoms with Gasteiger partial charge < -0.3 is 15.2 Å². The highest BCUT2D eigenvalue weighted by Gasteiger charge is 2.21. The molecule has 0 saturated heterocycles. The summed E-state index contributed by atoms with van der Waals surface area (Å²) in [5.74, 6) is 0.795. The second-order valence-corrected chi connectivity index (χ2v) is 19.2. The SMILES string of the molecule is COc1ccc(Nc2ccc3c(O)c(N=Nc4ccc(N=Nc5ccc(N=Nc6ccc(N=Nc7cc8c(S(=O)(=O)O)cccc8cc7S(=O)(=O)O)c(C)c6)c(C)c5)c(C)c4)ccc3c2)cc1.O=S(=O)=O.O=S(=O)=O. The Bertz CT molecular complexity index is 4070. The molecule has 0 aliphatic heterocycles. The predicted molar refractivity (Wildman–Crippen MR) is 275 cm³/mol. The van der Waals surface area contributed by atoms with Crippen LogP contribution in [0.3, 0.4) is 0 Å². The van der Waals surface area contributed by atoms with Crippen LogP contribution in [0.2, 0.25) is 0 Å². The third-order valence-electron chi connectivity index (χ3n) is 10.5. The zero-order chi connectivity index (χ0) is 54.6. The number of phenols is 1. The van der Waals surface area contributed by atoms with Gasteiger partial charge in [-0.3, -0.25) is 9.11 Å². The van der Waals surface area contributed by atoms with E-state index in [1.165, 1.54) is 12.1 Å². The van der Waals surface area contributed by atoms with Crippen LogP contribution in [-0.4, -0.2) is 63.4 Å². The number of methoxy groups -OCH3 is 1. The fourth-order valence-electron chi connectivity index (χ4n) is 6.96. The Kier molecular flexibility index (Phi) is 17.9. The highest BCUT2D eigenvalue weighted by Crippen LogP contribution is 2.39. The minimum absolute atomic E-state index is 0.0112. The molecule has 0 heterocycles. The number of ether oxygens (including phenoxy) is 1. The minimum Gasteiger partial charge on any atom is -0.505 e. The normalized spacial score (nSPS) is 11.7. The molecule has 8 rings (SSSR count). The van der Waals surface area contributed by atoms with Crippen LogP contribution in [0.4, 0.5) is 56.9 Å². The zero-order valence-corrected chi connectivity index (χ0v) is 42.6. The summed E-state index contributed by atoms with van der Waals surface area (Å²) >= 11 is 0. The Labute approximate surface area is 430 Å². The third-order valence-corrected chi connectivity index (χ3v) is 12.2. The van der Waals surface area contributed by atoms with E-state index in [1.54, 1.807) is 62.6 Å². The van der Waals surface area contributed by atoms with Crippen molar-refractivity contribution in [2.75, 3.05) is 12.4 Å². The average molecular weight is 1090 g/mol. The number of hydrogen-bond donors (Lipinski definition) is 4. The van der Waals surface area contributed by atoms with Crippen LogP contribution in [0.25, 0.3) is 21.5 Å². The van der Waals surface area contributed by atoms with E-state index in [4.69, 9.17) is 30.0 Å². The molecule has 0 aliphatic rings. The van der Waals surface area contributed by atoms with Crippen LogP contribution < -0.4 is 10.1 Å². The highest BCUT2D eigenvalue weighted by molar-refractivity contribution is 7.86. The number of anilines is 2. The van der Waals surface area contributed by atoms with E-state index in [1.807, 2.05) is 74.5 Å². The molecule has 0 fully saturated rings. The van der Waals surface area contributed by atoms with E-state index in [0.29, 0.717) is 50.8 Å². The van der Waals surface area contributed by atoms with E-state index in [2.05, 4.69) is 46.2 Å². The van der Waals surface area contributed by atoms with Crippen LogP contribution in [0.5, 0.6) is 11.5 Å². The number of aryl methyl sites for hydroxylation is 3. The summed E-state index contributed by atoms with van der Waals surface area (Å²) in [6.45, 7) is 5.49. The number of azo groups is 4. The molecule has 0 saturated carbocycles. The molecule has 75 heavy (non-hydrogen) atoms. The second kappa shape index (κ2) is 24.2. The number of nitrogens with zero attached hydrogens (tertiary/aromatic N) is 8. The zero-order valence-electron chi connectivity index (χ0n) is 39.3. The van der Waals surface area contributed by atoms with Gasteiger partial charge >= 0.3 is 21.2 Å². The molecule has 0 aromatic heterocycles. The van der Waals surface area contributed by atoms with Crippen LogP contribution >= 0.6 is 0 Å². The van der Waals surface area contributed by atoms with Gasteiger partial charge in [0.2, 0.25) is 0 Å². The van der Waals surface area contributed by atoms with Crippen LogP contribution in [0.1, 0.15) is 16.7 Å². The molecule has 0 unspecified atom stereocenters. The number of rotatable bonds is 13. The fraction of sp³-hybridized carbons (Fsp3) is 0.0833. The molecule has 23 nitrogen and oxygen atoms in total. The lowest BCUT2D eigenvalue weighted by atomic mass is 10.1. The smallest absolute Gasteiger partial charge is 0.425 e. The van der Waals surface area contributed by atoms with Crippen LogP contribution in [0.15, 0.2) is 190 Å². The number of fused-ring (bicyclic) bond motifs is 2. The molecule has 0 atom stereocenters. The monoisotopic (exact) mass is 1090 g/mol. The Balaban J connectivity index is 0.00000107. The molecular formula is C48H39N9O14S4. The summed E-state index contributed by atoms with van der Waals surface area (Å²) in [6.07, 6.45) is 0. The van der Waals surface area contributed by atoms with Gasteiger partial charge in [0.15, 0.2) is 5.75 Å². The first-order valence-corrected chi connectivity index (χ1v) is 26.1. The van der Waals surface area contributed by atoms with Crippen LogP contribution in [-0.2, 0) is 41.5 Å². The largest absolute Gasteiger partial charge is 0.505 e. The first kappa shape index (κ1) is 55.5. The van der Waals surface area contributed by atoms with Gasteiger partial charge in [-0.05, 0) is 170 Å². The molecule has 0 amide bonds. The maximum Gasteiger partial charge on any atom is 0.425 e. The fourth-order valence-corrected chi connectivity index (χ4v) is 8.31. The quantitative estimate of drug-likeness (QED) is 0.0616. The van der Waals surface area contributed by atoms with Gasteiger partial charge in [0, 0.05) is 22.1 Å². The Hall–Kier alpha value is -8.86. The van der Waals surface area contributed by atoms with Gasteiger partial charge in [0.05, 0.1) is 41.2 Å². The number of phenolic OH excluding ortho intramolecular Hbond substituents is 1. The van der Waals surface area contributed by atoms with E-state index in [9.17, 15) is 31.0 Å². The first-order valence-electron chi connectivity index (χ1n) is 21.2. The first-order chi connectivity index (χ1) is 35.5. The van der Waals surface area contributed by atoms with Crippen molar-refractivity contribution in [3.05, 3.63) is 156 Å². The molecule has 4 N–H and O–H groups in total. The number of hydrogen-bond acceptors (Lipinski definition) is 21. The van der Waals surface area contributed by atoms with Crippen molar-refractivity contribution >= 4 is 120 Å². The Morgan fingerprint density at radius 1 is 0.440 bits per heavy atom. The summed E-state index contributed by atoms with van der Waals surface area (Å²) in [5.41, 5.74) is 7.19. The molecule has 384 valence electrons. The van der Waals surface area contributed by atoms with Gasteiger partial charge in [-0.25, -0.2) is 0 Å². The van der Waals surface area contributed by atoms with Crippen molar-refractivity contribution in [3.63, 3.8) is 0 Å². The molecule has 0 spiro atoms. The molecule has 27 heteroatoms. The van der Waals surface area contributed by atoms with Gasteiger partial charge in [-0.15, -0.1) is 35.5 Å². The van der Waals surface area contributed by atoms with Gasteiger partial charge in [0.1, 0.15) is 26.9 Å². The maximum absolute atomic E-state index is 12.2. The summed E-state index contributed by atoms with van der Waals surface area (Å²) in [6, 6.07) is 38.6. The molecule has 8 aromatic rings. The minimum atomic E-state index is -4.80. The van der Waals surface area contributed by atoms with E-state index < -0.39 is 51.2 Å². The molecule has 8 aromatic carbocycles. The predicted octanol–water partition coefficient (Wildman–Crippen LogP) is 12.5. The van der Waals surface area contributed by atoms with Gasteiger partial charge in [-0.2, -0.15) is 47.5 Å². The number of benzene rings is 8. The molecule has 0 radical (unpaired) electrons. The average Bonchev–Trinajstić information content (AvgIpc) is 3.34. The lowest BCUT2D eigenvalue weighted by molar-refractivity contribution is 0.415. The van der Waals surface area contributed by atoms with E-state index in [-0.39, 0.29) is 22.2 Å². The van der Waals surface area contributed by atoms with Crippen molar-refractivity contribution in [2.24, 2.45) is 40.9 Å². The van der Waals surface area contributed by atoms with Crippen molar-refractivity contribution in [1.29, 1.82) is 0 Å². The van der Waals surface area contributed by atoms with E-state index >= 15 is 0 Å². The standard InChI is InChI=1S/C48H39N9O8S2.2O3S/c1-28-22-35(50-54-42-20-13-37(23-29(42)2)52-56-44-18-8-32-25-34(11-17-39(32)48(44)58)49-33-9-15-38(65-4)16-10-33)12-19-41(28)53-51-36-14-21-43(30(3)24-36)55-57-45-27-40-31(26-47(45)67(62,63)64)6-5-7-46(40)66(59,60)61;2*1-4(2)3/h5-27,49,58H,1-4H3,(H,59,60,61)(H,62,63,64);;. The number of nitrogens with one attached hydrogen (secondary N) is 1. The Morgan fingerprint density at radius 3 is 1.33 bits per heavy atom. The van der Waals surface area contributed by atoms with Crippen molar-refractivity contribution in [3.8, 4) is 11.5 Å². The van der Waals surface area contributed by atoms with Gasteiger partial charge in [0.25, 0.3) is 20.2 Å².